The fourth-order valence-electron chi connectivity index (χ4n) is 5.94. The number of carbonyl (C=O) groups excluding carboxylic acids is 2. The van der Waals surface area contributed by atoms with Gasteiger partial charge in [0.15, 0.2) is 0 Å². The van der Waals surface area contributed by atoms with Crippen molar-refractivity contribution in [3.63, 3.8) is 0 Å². The van der Waals surface area contributed by atoms with Crippen LogP contribution in [0.2, 0.25) is 0 Å². The summed E-state index contributed by atoms with van der Waals surface area (Å²) in [5.74, 6) is 2.91. The molecule has 3 heteroatoms. The molecule has 0 heterocycles. The summed E-state index contributed by atoms with van der Waals surface area (Å²) < 4.78 is 5.23. The quantitative estimate of drug-likeness (QED) is 0.579. The molecular formula is C19H26O3. The Hall–Kier alpha value is -1.12. The largest absolute Gasteiger partial charge is 0.466 e. The van der Waals surface area contributed by atoms with Crippen molar-refractivity contribution in [2.45, 2.75) is 51.9 Å². The monoisotopic (exact) mass is 302 g/mol. The Morgan fingerprint density at radius 1 is 1.32 bits per heavy atom. The van der Waals surface area contributed by atoms with Gasteiger partial charge < -0.3 is 4.74 Å². The molecule has 3 unspecified atom stereocenters. The Labute approximate surface area is 132 Å². The molecule has 0 N–H and O–H groups in total. The summed E-state index contributed by atoms with van der Waals surface area (Å²) in [6.45, 7) is 2.36. The fraction of sp³-hybridized carbons (Fsp3) is 0.789. The summed E-state index contributed by atoms with van der Waals surface area (Å²) in [6, 6.07) is 0. The van der Waals surface area contributed by atoms with Crippen molar-refractivity contribution in [3.05, 3.63) is 12.2 Å². The Morgan fingerprint density at radius 2 is 2.18 bits per heavy atom. The van der Waals surface area contributed by atoms with E-state index in [1.165, 1.54) is 6.42 Å². The number of ether oxygens (including phenoxy) is 1. The molecule has 2 bridgehead atoms. The molecule has 3 nitrogen and oxygen atoms in total. The average molecular weight is 302 g/mol. The van der Waals surface area contributed by atoms with Gasteiger partial charge in [-0.25, -0.2) is 0 Å². The second-order valence-electron chi connectivity index (χ2n) is 7.85. The lowest BCUT2D eigenvalue weighted by molar-refractivity contribution is -0.154. The van der Waals surface area contributed by atoms with Crippen molar-refractivity contribution in [1.82, 2.24) is 0 Å². The number of fused-ring (bicyclic) bond motifs is 2. The second-order valence-corrected chi connectivity index (χ2v) is 7.85. The van der Waals surface area contributed by atoms with Crippen LogP contribution in [0.4, 0.5) is 0 Å². The minimum Gasteiger partial charge on any atom is -0.466 e. The number of rotatable bonds is 2. The van der Waals surface area contributed by atoms with Crippen molar-refractivity contribution >= 4 is 11.8 Å². The summed E-state index contributed by atoms with van der Waals surface area (Å²) >= 11 is 0. The van der Waals surface area contributed by atoms with Crippen LogP contribution in [0.15, 0.2) is 12.2 Å². The van der Waals surface area contributed by atoms with Crippen molar-refractivity contribution in [1.29, 1.82) is 0 Å². The second kappa shape index (κ2) is 5.21. The van der Waals surface area contributed by atoms with Gasteiger partial charge in [-0.1, -0.05) is 12.2 Å². The molecule has 3 saturated carbocycles. The van der Waals surface area contributed by atoms with Crippen molar-refractivity contribution in [2.75, 3.05) is 6.61 Å². The van der Waals surface area contributed by atoms with E-state index in [1.807, 2.05) is 6.92 Å². The van der Waals surface area contributed by atoms with Gasteiger partial charge in [-0.05, 0) is 69.1 Å². The first-order chi connectivity index (χ1) is 10.6. The summed E-state index contributed by atoms with van der Waals surface area (Å²) in [6.07, 6.45) is 11.7. The highest BCUT2D eigenvalue weighted by Crippen LogP contribution is 2.61. The van der Waals surface area contributed by atoms with E-state index in [4.69, 9.17) is 4.74 Å². The van der Waals surface area contributed by atoms with Gasteiger partial charge in [0.05, 0.1) is 17.9 Å². The van der Waals surface area contributed by atoms with Crippen LogP contribution in [0.1, 0.15) is 51.9 Å². The number of Topliss-reactive ketones (excluding diaryl/α,β-unsaturated/α-hetero) is 1. The highest BCUT2D eigenvalue weighted by molar-refractivity contribution is 5.89. The zero-order valence-corrected chi connectivity index (χ0v) is 13.4. The summed E-state index contributed by atoms with van der Waals surface area (Å²) in [7, 11) is 0. The molecular weight excluding hydrogens is 276 g/mol. The minimum absolute atomic E-state index is 0.00220. The van der Waals surface area contributed by atoms with E-state index in [1.54, 1.807) is 0 Å². The minimum atomic E-state index is -0.132. The first-order valence-corrected chi connectivity index (χ1v) is 9.03. The Bertz CT molecular complexity index is 523. The maximum atomic E-state index is 12.6. The van der Waals surface area contributed by atoms with Gasteiger partial charge in [0.1, 0.15) is 5.78 Å². The van der Waals surface area contributed by atoms with Crippen molar-refractivity contribution < 1.29 is 14.3 Å². The number of esters is 1. The van der Waals surface area contributed by atoms with E-state index in [-0.39, 0.29) is 17.3 Å². The van der Waals surface area contributed by atoms with E-state index in [9.17, 15) is 9.59 Å². The van der Waals surface area contributed by atoms with Crippen molar-refractivity contribution in [3.8, 4) is 0 Å². The molecule has 0 radical (unpaired) electrons. The molecule has 3 fully saturated rings. The van der Waals surface area contributed by atoms with Crippen LogP contribution < -0.4 is 0 Å². The van der Waals surface area contributed by atoms with Gasteiger partial charge in [0.25, 0.3) is 0 Å². The molecule has 22 heavy (non-hydrogen) atoms. The van der Waals surface area contributed by atoms with Crippen LogP contribution in [-0.2, 0) is 14.3 Å². The number of carbonyl (C=O) groups is 2. The summed E-state index contributed by atoms with van der Waals surface area (Å²) in [4.78, 5) is 24.7. The van der Waals surface area contributed by atoms with E-state index < -0.39 is 0 Å². The Balaban J connectivity index is 1.53. The lowest BCUT2D eigenvalue weighted by Gasteiger charge is -2.57. The van der Waals surface area contributed by atoms with Crippen LogP contribution in [0.5, 0.6) is 0 Å². The normalized spacial score (nSPS) is 46.0. The van der Waals surface area contributed by atoms with Crippen LogP contribution in [0.3, 0.4) is 0 Å². The molecule has 6 atom stereocenters. The molecule has 5 aliphatic rings. The maximum Gasteiger partial charge on any atom is 0.308 e. The van der Waals surface area contributed by atoms with E-state index in [0.717, 1.165) is 38.5 Å². The van der Waals surface area contributed by atoms with E-state index in [0.29, 0.717) is 36.1 Å². The van der Waals surface area contributed by atoms with Gasteiger partial charge in [-0.3, -0.25) is 9.59 Å². The molecule has 0 amide bonds. The van der Waals surface area contributed by atoms with Crippen LogP contribution in [0.25, 0.3) is 0 Å². The maximum absolute atomic E-state index is 12.6. The van der Waals surface area contributed by atoms with Gasteiger partial charge in [-0.2, -0.15) is 0 Å². The van der Waals surface area contributed by atoms with Crippen molar-refractivity contribution in [2.24, 2.45) is 35.0 Å². The smallest absolute Gasteiger partial charge is 0.308 e. The average Bonchev–Trinajstić information content (AvgIpc) is 2.54. The van der Waals surface area contributed by atoms with Crippen LogP contribution in [-0.4, -0.2) is 18.4 Å². The Morgan fingerprint density at radius 3 is 2.95 bits per heavy atom. The molecule has 0 aromatic heterocycles. The fourth-order valence-corrected chi connectivity index (χ4v) is 5.94. The SMILES string of the molecule is CCOC(=O)[C@@H]1CC[C@@H]2C3CC4C=CC3(CC[C@H]2C1)C(=O)C4. The molecule has 1 spiro atoms. The first-order valence-electron chi connectivity index (χ1n) is 9.03. The third kappa shape index (κ3) is 2.00. The molecule has 5 rings (SSSR count). The molecule has 0 saturated heterocycles. The zero-order chi connectivity index (χ0) is 15.3. The lowest BCUT2D eigenvalue weighted by atomic mass is 9.46. The number of hydrogen-bond donors (Lipinski definition) is 0. The third-order valence-electron chi connectivity index (χ3n) is 6.96. The standard InChI is InChI=1S/C19H26O3/c1-2-22-18(21)14-3-4-15-13(11-14)6-8-19-7-5-12(9-16(15)19)10-17(19)20/h5,7,12-16H,2-4,6,8-11H2,1H3/t12?,13-,14+,15-,16?,19?/m0/s1. The molecule has 5 aliphatic carbocycles. The number of allylic oxidation sites excluding steroid dienone is 2. The van der Waals surface area contributed by atoms with E-state index >= 15 is 0 Å². The Kier molecular flexibility index (Phi) is 3.43. The van der Waals surface area contributed by atoms with Crippen LogP contribution in [0, 0.1) is 35.0 Å². The van der Waals surface area contributed by atoms with Gasteiger partial charge in [0.2, 0.25) is 0 Å². The first kappa shape index (κ1) is 14.5. The topological polar surface area (TPSA) is 43.4 Å². The molecule has 0 aliphatic heterocycles. The summed E-state index contributed by atoms with van der Waals surface area (Å²) in [5.41, 5.74) is -0.132. The van der Waals surface area contributed by atoms with Gasteiger partial charge in [-0.15, -0.1) is 0 Å². The molecule has 0 aromatic rings. The third-order valence-corrected chi connectivity index (χ3v) is 6.96. The van der Waals surface area contributed by atoms with Crippen LogP contribution >= 0.6 is 0 Å². The number of ketones is 1. The number of hydrogen-bond acceptors (Lipinski definition) is 3. The zero-order valence-electron chi connectivity index (χ0n) is 13.4. The summed E-state index contributed by atoms with van der Waals surface area (Å²) in [5, 5.41) is 0. The van der Waals surface area contributed by atoms with Gasteiger partial charge >= 0.3 is 5.97 Å². The highest BCUT2D eigenvalue weighted by Gasteiger charge is 2.57. The lowest BCUT2D eigenvalue weighted by Crippen LogP contribution is -2.54. The highest BCUT2D eigenvalue weighted by atomic mass is 16.5. The predicted molar refractivity (Wildman–Crippen MR) is 83.0 cm³/mol. The molecule has 120 valence electrons. The predicted octanol–water partition coefficient (Wildman–Crippen LogP) is 3.53. The molecule has 0 aromatic carbocycles. The van der Waals surface area contributed by atoms with E-state index in [2.05, 4.69) is 12.2 Å². The van der Waals surface area contributed by atoms with Gasteiger partial charge in [0, 0.05) is 6.42 Å².